The lowest BCUT2D eigenvalue weighted by Gasteiger charge is -2.02. The maximum absolute atomic E-state index is 10.9. The number of carboxylic acids is 1. The van der Waals surface area contributed by atoms with Crippen LogP contribution in [0.25, 0.3) is 10.7 Å². The molecule has 2 aromatic heterocycles. The summed E-state index contributed by atoms with van der Waals surface area (Å²) in [5.41, 5.74) is 1.76. The van der Waals surface area contributed by atoms with Crippen LogP contribution in [-0.4, -0.2) is 21.0 Å². The molecule has 2 rings (SSSR count). The summed E-state index contributed by atoms with van der Waals surface area (Å²) in [6.45, 7) is 3.72. The summed E-state index contributed by atoms with van der Waals surface area (Å²) in [5, 5.41) is 10.9. The van der Waals surface area contributed by atoms with Crippen LogP contribution in [0.3, 0.4) is 0 Å². The first-order chi connectivity index (χ1) is 7.58. The Morgan fingerprint density at radius 3 is 2.69 bits per heavy atom. The summed E-state index contributed by atoms with van der Waals surface area (Å²) in [5.74, 6) is -0.536. The predicted octanol–water partition coefficient (Wildman–Crippen LogP) is 2.52. The lowest BCUT2D eigenvalue weighted by Crippen LogP contribution is -2.04. The van der Waals surface area contributed by atoms with Gasteiger partial charge in [0.2, 0.25) is 0 Å². The Hall–Kier alpha value is -1.75. The Bertz CT molecular complexity index is 549. The molecule has 0 fully saturated rings. The molecular formula is C11H10N2O2S. The molecule has 2 heterocycles. The van der Waals surface area contributed by atoms with Crippen LogP contribution in [0.5, 0.6) is 0 Å². The fraction of sp³-hybridized carbons (Fsp3) is 0.182. The molecule has 0 aliphatic carbocycles. The molecule has 0 spiro atoms. The molecule has 0 unspecified atom stereocenters. The van der Waals surface area contributed by atoms with E-state index in [2.05, 4.69) is 9.97 Å². The molecule has 0 aromatic carbocycles. The molecule has 0 aliphatic heterocycles. The van der Waals surface area contributed by atoms with Crippen molar-refractivity contribution in [2.45, 2.75) is 13.8 Å². The highest BCUT2D eigenvalue weighted by Gasteiger charge is 2.12. The van der Waals surface area contributed by atoms with Crippen molar-refractivity contribution in [1.29, 1.82) is 0 Å². The van der Waals surface area contributed by atoms with Gasteiger partial charge in [-0.3, -0.25) is 0 Å². The minimum Gasteiger partial charge on any atom is -0.477 e. The zero-order valence-corrected chi connectivity index (χ0v) is 9.71. The molecule has 0 bridgehead atoms. The van der Waals surface area contributed by atoms with Gasteiger partial charge in [0, 0.05) is 5.69 Å². The first kappa shape index (κ1) is 10.8. The summed E-state index contributed by atoms with van der Waals surface area (Å²) >= 11 is 1.51. The number of hydrogen-bond donors (Lipinski definition) is 1. The van der Waals surface area contributed by atoms with Crippen molar-refractivity contribution in [2.75, 3.05) is 0 Å². The van der Waals surface area contributed by atoms with Crippen LogP contribution in [0.4, 0.5) is 0 Å². The Balaban J connectivity index is 2.58. The molecule has 0 radical (unpaired) electrons. The molecule has 0 saturated heterocycles. The van der Waals surface area contributed by atoms with E-state index in [1.807, 2.05) is 18.4 Å². The molecule has 0 atom stereocenters. The monoisotopic (exact) mass is 234 g/mol. The standard InChI is InChI=1S/C11H10N2O2S/c1-6-3-4-16-9(6)10-12-7(2)5-8(13-10)11(14)15/h3-5H,1-2H3,(H,14,15). The molecule has 0 saturated carbocycles. The van der Waals surface area contributed by atoms with Crippen LogP contribution >= 0.6 is 11.3 Å². The second kappa shape index (κ2) is 4.02. The van der Waals surface area contributed by atoms with Gasteiger partial charge in [0.1, 0.15) is 0 Å². The average Bonchev–Trinajstić information content (AvgIpc) is 2.63. The number of nitrogens with zero attached hydrogens (tertiary/aromatic N) is 2. The Kier molecular flexibility index (Phi) is 2.70. The number of aryl methyl sites for hydroxylation is 2. The van der Waals surface area contributed by atoms with Crippen molar-refractivity contribution in [3.05, 3.63) is 34.5 Å². The van der Waals surface area contributed by atoms with Crippen molar-refractivity contribution < 1.29 is 9.90 Å². The third-order valence-corrected chi connectivity index (χ3v) is 3.15. The number of rotatable bonds is 2. The first-order valence-electron chi connectivity index (χ1n) is 4.71. The van der Waals surface area contributed by atoms with Crippen molar-refractivity contribution in [1.82, 2.24) is 9.97 Å². The van der Waals surface area contributed by atoms with E-state index >= 15 is 0 Å². The highest BCUT2D eigenvalue weighted by molar-refractivity contribution is 7.13. The topological polar surface area (TPSA) is 63.1 Å². The van der Waals surface area contributed by atoms with E-state index in [1.165, 1.54) is 17.4 Å². The largest absolute Gasteiger partial charge is 0.477 e. The maximum atomic E-state index is 10.9. The molecule has 2 aromatic rings. The van der Waals surface area contributed by atoms with Crippen LogP contribution < -0.4 is 0 Å². The van der Waals surface area contributed by atoms with Crippen LogP contribution in [-0.2, 0) is 0 Å². The van der Waals surface area contributed by atoms with Gasteiger partial charge in [0.25, 0.3) is 0 Å². The van der Waals surface area contributed by atoms with Crippen LogP contribution in [0, 0.1) is 13.8 Å². The van der Waals surface area contributed by atoms with E-state index in [4.69, 9.17) is 5.11 Å². The molecule has 0 amide bonds. The van der Waals surface area contributed by atoms with Crippen molar-refractivity contribution in [3.63, 3.8) is 0 Å². The third-order valence-electron chi connectivity index (χ3n) is 2.14. The molecule has 5 heteroatoms. The minimum atomic E-state index is -1.03. The van der Waals surface area contributed by atoms with Crippen LogP contribution in [0.2, 0.25) is 0 Å². The number of thiophene rings is 1. The predicted molar refractivity (Wildman–Crippen MR) is 61.8 cm³/mol. The molecule has 16 heavy (non-hydrogen) atoms. The van der Waals surface area contributed by atoms with Gasteiger partial charge in [0.15, 0.2) is 11.5 Å². The highest BCUT2D eigenvalue weighted by atomic mass is 32.1. The molecule has 1 N–H and O–H groups in total. The summed E-state index contributed by atoms with van der Waals surface area (Å²) in [6, 6.07) is 3.43. The lowest BCUT2D eigenvalue weighted by molar-refractivity contribution is 0.0690. The van der Waals surface area contributed by atoms with E-state index < -0.39 is 5.97 Å². The van der Waals surface area contributed by atoms with Crippen molar-refractivity contribution in [3.8, 4) is 10.7 Å². The second-order valence-corrected chi connectivity index (χ2v) is 4.37. The van der Waals surface area contributed by atoms with Crippen molar-refractivity contribution in [2.24, 2.45) is 0 Å². The van der Waals surface area contributed by atoms with E-state index in [0.29, 0.717) is 11.5 Å². The second-order valence-electron chi connectivity index (χ2n) is 3.46. The van der Waals surface area contributed by atoms with Crippen molar-refractivity contribution >= 4 is 17.3 Å². The normalized spacial score (nSPS) is 10.4. The Morgan fingerprint density at radius 1 is 1.38 bits per heavy atom. The summed E-state index contributed by atoms with van der Waals surface area (Å²) in [4.78, 5) is 20.1. The fourth-order valence-corrected chi connectivity index (χ4v) is 2.24. The number of carboxylic acid groups (broad SMARTS) is 1. The van der Waals surface area contributed by atoms with Crippen LogP contribution in [0.15, 0.2) is 17.5 Å². The number of aromatic nitrogens is 2. The molecule has 4 nitrogen and oxygen atoms in total. The Morgan fingerprint density at radius 2 is 2.12 bits per heavy atom. The van der Waals surface area contributed by atoms with Gasteiger partial charge in [-0.05, 0) is 36.9 Å². The highest BCUT2D eigenvalue weighted by Crippen LogP contribution is 2.26. The Labute approximate surface area is 96.6 Å². The van der Waals surface area contributed by atoms with Gasteiger partial charge in [-0.15, -0.1) is 11.3 Å². The maximum Gasteiger partial charge on any atom is 0.354 e. The summed E-state index contributed by atoms with van der Waals surface area (Å²) in [6.07, 6.45) is 0. The van der Waals surface area contributed by atoms with Gasteiger partial charge in [0.05, 0.1) is 4.88 Å². The van der Waals surface area contributed by atoms with Gasteiger partial charge in [-0.25, -0.2) is 14.8 Å². The van der Waals surface area contributed by atoms with Gasteiger partial charge in [-0.1, -0.05) is 0 Å². The first-order valence-corrected chi connectivity index (χ1v) is 5.59. The van der Waals surface area contributed by atoms with Crippen LogP contribution in [0.1, 0.15) is 21.7 Å². The molecule has 0 aliphatic rings. The smallest absolute Gasteiger partial charge is 0.354 e. The van der Waals surface area contributed by atoms with E-state index in [-0.39, 0.29) is 5.69 Å². The van der Waals surface area contributed by atoms with E-state index in [0.717, 1.165) is 10.4 Å². The number of hydrogen-bond acceptors (Lipinski definition) is 4. The van der Waals surface area contributed by atoms with E-state index in [9.17, 15) is 4.79 Å². The SMILES string of the molecule is Cc1cc(C(=O)O)nc(-c2sccc2C)n1. The average molecular weight is 234 g/mol. The molecular weight excluding hydrogens is 224 g/mol. The fourth-order valence-electron chi connectivity index (χ4n) is 1.38. The number of aromatic carboxylic acids is 1. The summed E-state index contributed by atoms with van der Waals surface area (Å²) in [7, 11) is 0. The van der Waals surface area contributed by atoms with Gasteiger partial charge < -0.3 is 5.11 Å². The lowest BCUT2D eigenvalue weighted by atomic mass is 10.2. The quantitative estimate of drug-likeness (QED) is 0.867. The minimum absolute atomic E-state index is 0.0373. The zero-order valence-electron chi connectivity index (χ0n) is 8.89. The van der Waals surface area contributed by atoms with Gasteiger partial charge in [-0.2, -0.15) is 0 Å². The molecule has 82 valence electrons. The van der Waals surface area contributed by atoms with E-state index in [1.54, 1.807) is 6.92 Å². The number of carbonyl (C=O) groups is 1. The summed E-state index contributed by atoms with van der Waals surface area (Å²) < 4.78 is 0. The zero-order chi connectivity index (χ0) is 11.7. The van der Waals surface area contributed by atoms with Gasteiger partial charge >= 0.3 is 5.97 Å². The third kappa shape index (κ3) is 1.94.